The molecule has 0 unspecified atom stereocenters. The van der Waals surface area contributed by atoms with Gasteiger partial charge in [-0.2, -0.15) is 0 Å². The molecule has 0 N–H and O–H groups in total. The van der Waals surface area contributed by atoms with Crippen LogP contribution in [0.4, 0.5) is 34.1 Å². The van der Waals surface area contributed by atoms with E-state index in [1.54, 1.807) is 0 Å². The molecule has 79 heavy (non-hydrogen) atoms. The average Bonchev–Trinajstić information content (AvgIpc) is 3.43. The summed E-state index contributed by atoms with van der Waals surface area (Å²) in [5.41, 5.74) is 16.6. The molecule has 13 rings (SSSR count). The van der Waals surface area contributed by atoms with E-state index in [1.807, 2.05) is 133 Å². The van der Waals surface area contributed by atoms with Crippen LogP contribution >= 0.6 is 0 Å². The number of anilines is 6. The third kappa shape index (κ3) is 9.01. The minimum Gasteiger partial charge on any atom is -0.310 e. The van der Waals surface area contributed by atoms with Gasteiger partial charge in [-0.1, -0.05) is 206 Å². The maximum atomic E-state index is 15.3. The molecule has 12 aromatic rings. The van der Waals surface area contributed by atoms with E-state index in [2.05, 4.69) is 192 Å². The van der Waals surface area contributed by atoms with E-state index in [1.165, 1.54) is 0 Å². The predicted octanol–water partition coefficient (Wildman–Crippen LogP) is 18.8. The number of carbonyl (C=O) groups is 2. The van der Waals surface area contributed by atoms with Gasteiger partial charge < -0.3 is 9.80 Å². The fourth-order valence-electron chi connectivity index (χ4n) is 11.6. The number of hydrogen-bond donors (Lipinski definition) is 0. The molecule has 4 nitrogen and oxygen atoms in total. The van der Waals surface area contributed by atoms with E-state index in [0.717, 1.165) is 89.8 Å². The Hall–Kier alpha value is -10.4. The Morgan fingerprint density at radius 2 is 0.532 bits per heavy atom. The second-order valence-corrected chi connectivity index (χ2v) is 19.9. The van der Waals surface area contributed by atoms with E-state index >= 15 is 9.59 Å². The first kappa shape index (κ1) is 48.2. The largest absolute Gasteiger partial charge is 0.310 e. The maximum Gasteiger partial charge on any atom is 0.193 e. The molecule has 4 heteroatoms. The molecule has 374 valence electrons. The molecule has 0 radical (unpaired) electrons. The lowest BCUT2D eigenvalue weighted by molar-refractivity contribution is 0.103. The SMILES string of the molecule is O=C(c1ccccc1)c1cc(-c2ccccc2)cc(C2(c3cc(C(=O)c4ccccc4)cc(-c4ccccc4)c3)c3cc(N(c4ccccc4)c4ccccc4)ccc3-c3ccc(N(c4ccccc4)c4ccccc4)cc32)c1. The minimum atomic E-state index is -1.19. The molecule has 12 aromatic carbocycles. The van der Waals surface area contributed by atoms with E-state index < -0.39 is 5.41 Å². The van der Waals surface area contributed by atoms with Gasteiger partial charge in [-0.3, -0.25) is 9.59 Å². The van der Waals surface area contributed by atoms with Gasteiger partial charge in [0.05, 0.1) is 5.41 Å². The quantitative estimate of drug-likeness (QED) is 0.102. The van der Waals surface area contributed by atoms with Crippen molar-refractivity contribution in [3.8, 4) is 33.4 Å². The van der Waals surface area contributed by atoms with E-state index in [4.69, 9.17) is 0 Å². The summed E-state index contributed by atoms with van der Waals surface area (Å²) in [6.07, 6.45) is 0. The van der Waals surface area contributed by atoms with Gasteiger partial charge in [0.15, 0.2) is 11.6 Å². The van der Waals surface area contributed by atoms with Crippen LogP contribution in [-0.2, 0) is 5.41 Å². The zero-order chi connectivity index (χ0) is 53.1. The van der Waals surface area contributed by atoms with E-state index in [9.17, 15) is 0 Å². The van der Waals surface area contributed by atoms with Gasteiger partial charge in [-0.15, -0.1) is 0 Å². The zero-order valence-corrected chi connectivity index (χ0v) is 43.2. The van der Waals surface area contributed by atoms with Crippen molar-refractivity contribution in [2.45, 2.75) is 5.41 Å². The Morgan fingerprint density at radius 3 is 0.848 bits per heavy atom. The molecule has 0 saturated carbocycles. The highest BCUT2D eigenvalue weighted by Gasteiger charge is 2.48. The summed E-state index contributed by atoms with van der Waals surface area (Å²) in [6.45, 7) is 0. The van der Waals surface area contributed by atoms with Crippen LogP contribution in [0.3, 0.4) is 0 Å². The van der Waals surface area contributed by atoms with Crippen molar-refractivity contribution in [3.63, 3.8) is 0 Å². The van der Waals surface area contributed by atoms with Crippen LogP contribution in [-0.4, -0.2) is 11.6 Å². The zero-order valence-electron chi connectivity index (χ0n) is 43.2. The van der Waals surface area contributed by atoms with Gasteiger partial charge in [0.25, 0.3) is 0 Å². The molecule has 1 aliphatic rings. The first-order chi connectivity index (χ1) is 39.0. The van der Waals surface area contributed by atoms with Crippen molar-refractivity contribution >= 4 is 45.7 Å². The first-order valence-corrected chi connectivity index (χ1v) is 26.7. The number of nitrogens with zero attached hydrogens (tertiary/aromatic N) is 2. The standard InChI is InChI=1S/C75H52N2O2/c78-73(55-29-13-3-14-30-55)59-45-57(53-25-9-1-10-26-53)47-61(49-59)75(62-48-58(54-27-11-2-12-28-54)46-60(50-62)74(79)56-31-15-4-16-32-56)71-51-67(76(63-33-17-5-18-34-63)64-35-19-6-20-36-64)41-43-69(71)70-44-42-68(52-72(70)75)77(65-37-21-7-22-38-65)66-39-23-8-24-40-66/h1-52H. The second kappa shape index (κ2) is 21.0. The highest BCUT2D eigenvalue weighted by Crippen LogP contribution is 2.59. The van der Waals surface area contributed by atoms with E-state index in [0.29, 0.717) is 22.3 Å². The van der Waals surface area contributed by atoms with Gasteiger partial charge in [0, 0.05) is 56.4 Å². The molecule has 0 aromatic heterocycles. The van der Waals surface area contributed by atoms with Crippen molar-refractivity contribution < 1.29 is 9.59 Å². The van der Waals surface area contributed by atoms with Crippen molar-refractivity contribution in [2.75, 3.05) is 9.80 Å². The van der Waals surface area contributed by atoms with Crippen molar-refractivity contribution in [1.82, 2.24) is 0 Å². The number of para-hydroxylation sites is 4. The summed E-state index contributed by atoms with van der Waals surface area (Å²) in [5, 5.41) is 0. The Balaban J connectivity index is 1.20. The number of benzene rings is 12. The number of fused-ring (bicyclic) bond motifs is 3. The summed E-state index contributed by atoms with van der Waals surface area (Å²) in [5.74, 6) is -0.181. The third-order valence-electron chi connectivity index (χ3n) is 15.2. The van der Waals surface area contributed by atoms with Crippen LogP contribution in [0.25, 0.3) is 33.4 Å². The average molecular weight is 1010 g/mol. The van der Waals surface area contributed by atoms with Crippen LogP contribution in [0.2, 0.25) is 0 Å². The van der Waals surface area contributed by atoms with Crippen LogP contribution in [0.1, 0.15) is 54.1 Å². The fraction of sp³-hybridized carbons (Fsp3) is 0.0133. The maximum absolute atomic E-state index is 15.3. The molecule has 0 bridgehead atoms. The summed E-state index contributed by atoms with van der Waals surface area (Å²) < 4.78 is 0. The minimum absolute atomic E-state index is 0.0904. The molecule has 0 aliphatic heterocycles. The highest BCUT2D eigenvalue weighted by molar-refractivity contribution is 6.11. The Kier molecular flexibility index (Phi) is 12.8. The lowest BCUT2D eigenvalue weighted by atomic mass is 9.66. The molecule has 0 amide bonds. The molecule has 0 heterocycles. The monoisotopic (exact) mass is 1010 g/mol. The second-order valence-electron chi connectivity index (χ2n) is 19.9. The first-order valence-electron chi connectivity index (χ1n) is 26.7. The summed E-state index contributed by atoms with van der Waals surface area (Å²) in [4.78, 5) is 35.3. The van der Waals surface area contributed by atoms with Crippen LogP contribution < -0.4 is 9.80 Å². The summed E-state index contributed by atoms with van der Waals surface area (Å²) in [7, 11) is 0. The molecule has 0 atom stereocenters. The Bertz CT molecular complexity index is 3780. The van der Waals surface area contributed by atoms with Crippen LogP contribution in [0, 0.1) is 0 Å². The summed E-state index contributed by atoms with van der Waals surface area (Å²) >= 11 is 0. The van der Waals surface area contributed by atoms with Crippen molar-refractivity contribution in [3.05, 3.63) is 360 Å². The lowest BCUT2D eigenvalue weighted by Crippen LogP contribution is -2.30. The number of ketones is 2. The molecule has 0 spiro atoms. The van der Waals surface area contributed by atoms with Gasteiger partial charge in [-0.25, -0.2) is 0 Å². The molecular weight excluding hydrogens is 961 g/mol. The Labute approximate surface area is 461 Å². The lowest BCUT2D eigenvalue weighted by Gasteiger charge is -2.37. The molecule has 1 aliphatic carbocycles. The van der Waals surface area contributed by atoms with Crippen molar-refractivity contribution in [1.29, 1.82) is 0 Å². The topological polar surface area (TPSA) is 40.6 Å². The van der Waals surface area contributed by atoms with Gasteiger partial charge in [0.2, 0.25) is 0 Å². The third-order valence-corrected chi connectivity index (χ3v) is 15.2. The van der Waals surface area contributed by atoms with Gasteiger partial charge >= 0.3 is 0 Å². The molecule has 0 saturated heterocycles. The Morgan fingerprint density at radius 1 is 0.241 bits per heavy atom. The van der Waals surface area contributed by atoms with Crippen molar-refractivity contribution in [2.24, 2.45) is 0 Å². The highest BCUT2D eigenvalue weighted by atomic mass is 16.1. The van der Waals surface area contributed by atoms with Gasteiger partial charge in [0.1, 0.15) is 0 Å². The predicted molar refractivity (Wildman–Crippen MR) is 324 cm³/mol. The fourth-order valence-corrected chi connectivity index (χ4v) is 11.6. The normalized spacial score (nSPS) is 12.0. The molecule has 0 fully saturated rings. The smallest absolute Gasteiger partial charge is 0.193 e. The van der Waals surface area contributed by atoms with Crippen LogP contribution in [0.15, 0.2) is 315 Å². The molecular formula is C75H52N2O2. The number of rotatable bonds is 14. The van der Waals surface area contributed by atoms with E-state index in [-0.39, 0.29) is 11.6 Å². The van der Waals surface area contributed by atoms with Gasteiger partial charge in [-0.05, 0) is 165 Å². The number of hydrogen-bond acceptors (Lipinski definition) is 4. The van der Waals surface area contributed by atoms with Crippen LogP contribution in [0.5, 0.6) is 0 Å². The summed E-state index contributed by atoms with van der Waals surface area (Å²) in [6, 6.07) is 108. The number of carbonyl (C=O) groups excluding carboxylic acids is 2.